The molecule has 0 bridgehead atoms. The summed E-state index contributed by atoms with van der Waals surface area (Å²) >= 11 is 6.14. The Morgan fingerprint density at radius 1 is 0.781 bits per heavy atom. The molecule has 32 heavy (non-hydrogen) atoms. The van der Waals surface area contributed by atoms with E-state index in [1.807, 2.05) is 64.1 Å². The fourth-order valence-electron chi connectivity index (χ4n) is 3.11. The van der Waals surface area contributed by atoms with Crippen LogP contribution in [0.4, 0.5) is 17.1 Å². The van der Waals surface area contributed by atoms with Gasteiger partial charge >= 0.3 is 11.8 Å². The van der Waals surface area contributed by atoms with Crippen molar-refractivity contribution in [2.24, 2.45) is 5.10 Å². The molecular formula is C25H25ClN4O2. The molecule has 0 fully saturated rings. The lowest BCUT2D eigenvalue weighted by atomic mass is 10.1. The van der Waals surface area contributed by atoms with Crippen LogP contribution in [0.25, 0.3) is 0 Å². The summed E-state index contributed by atoms with van der Waals surface area (Å²) in [6.45, 7) is 7.86. The van der Waals surface area contributed by atoms with Crippen LogP contribution < -0.4 is 16.1 Å². The molecule has 7 heteroatoms. The maximum atomic E-state index is 12.2. The van der Waals surface area contributed by atoms with Gasteiger partial charge in [0.05, 0.1) is 6.21 Å². The molecule has 0 aromatic heterocycles. The summed E-state index contributed by atoms with van der Waals surface area (Å²) < 4.78 is 0. The molecule has 0 saturated heterocycles. The van der Waals surface area contributed by atoms with Crippen molar-refractivity contribution in [1.82, 2.24) is 5.43 Å². The van der Waals surface area contributed by atoms with Crippen molar-refractivity contribution in [3.05, 3.63) is 87.4 Å². The quantitative estimate of drug-likeness (QED) is 0.277. The Bertz CT molecular complexity index is 1200. The van der Waals surface area contributed by atoms with Crippen molar-refractivity contribution in [3.8, 4) is 0 Å². The number of hydrogen-bond donors (Lipinski definition) is 3. The van der Waals surface area contributed by atoms with E-state index in [1.165, 1.54) is 6.21 Å². The van der Waals surface area contributed by atoms with E-state index in [9.17, 15) is 9.59 Å². The highest BCUT2D eigenvalue weighted by molar-refractivity contribution is 6.39. The SMILES string of the molecule is Cc1ccc(NC(=O)C(=O)N/N=C\c2cc(Cl)ccc2Nc2cc(C)ccc2C)c(C)c1. The number of nitrogens with one attached hydrogen (secondary N) is 3. The Morgan fingerprint density at radius 3 is 2.22 bits per heavy atom. The number of hydrogen-bond acceptors (Lipinski definition) is 4. The van der Waals surface area contributed by atoms with Crippen LogP contribution in [0.2, 0.25) is 5.02 Å². The highest BCUT2D eigenvalue weighted by Crippen LogP contribution is 2.26. The second-order valence-electron chi connectivity index (χ2n) is 7.65. The van der Waals surface area contributed by atoms with Gasteiger partial charge in [0, 0.05) is 27.6 Å². The summed E-state index contributed by atoms with van der Waals surface area (Å²) in [5.41, 5.74) is 9.38. The molecule has 2 amide bonds. The van der Waals surface area contributed by atoms with E-state index in [0.29, 0.717) is 16.3 Å². The lowest BCUT2D eigenvalue weighted by Gasteiger charge is -2.13. The summed E-state index contributed by atoms with van der Waals surface area (Å²) in [5, 5.41) is 10.4. The number of amides is 2. The Kier molecular flexibility index (Phi) is 7.28. The fraction of sp³-hybridized carbons (Fsp3) is 0.160. The Labute approximate surface area is 192 Å². The third-order valence-electron chi connectivity index (χ3n) is 4.88. The van der Waals surface area contributed by atoms with Crippen LogP contribution >= 0.6 is 11.6 Å². The summed E-state index contributed by atoms with van der Waals surface area (Å²) in [6.07, 6.45) is 1.45. The van der Waals surface area contributed by atoms with E-state index >= 15 is 0 Å². The molecule has 0 aliphatic rings. The van der Waals surface area contributed by atoms with Gasteiger partial charge in [0.15, 0.2) is 0 Å². The smallest absolute Gasteiger partial charge is 0.329 e. The van der Waals surface area contributed by atoms with E-state index in [1.54, 1.807) is 18.2 Å². The van der Waals surface area contributed by atoms with Crippen LogP contribution in [0.1, 0.15) is 27.8 Å². The molecule has 0 atom stereocenters. The zero-order chi connectivity index (χ0) is 23.3. The molecule has 3 aromatic carbocycles. The minimum atomic E-state index is -0.868. The number of rotatable bonds is 5. The van der Waals surface area contributed by atoms with Crippen molar-refractivity contribution < 1.29 is 9.59 Å². The number of benzene rings is 3. The average molecular weight is 449 g/mol. The van der Waals surface area contributed by atoms with Gasteiger partial charge in [-0.25, -0.2) is 5.43 Å². The molecule has 0 radical (unpaired) electrons. The molecule has 3 N–H and O–H groups in total. The van der Waals surface area contributed by atoms with Crippen molar-refractivity contribution >= 4 is 46.7 Å². The molecule has 0 aliphatic carbocycles. The van der Waals surface area contributed by atoms with E-state index in [4.69, 9.17) is 11.6 Å². The molecule has 0 spiro atoms. The van der Waals surface area contributed by atoms with Crippen LogP contribution in [-0.4, -0.2) is 18.0 Å². The summed E-state index contributed by atoms with van der Waals surface area (Å²) in [4.78, 5) is 24.4. The second-order valence-corrected chi connectivity index (χ2v) is 8.08. The number of hydrazone groups is 1. The summed E-state index contributed by atoms with van der Waals surface area (Å²) in [6, 6.07) is 17.0. The zero-order valence-electron chi connectivity index (χ0n) is 18.4. The van der Waals surface area contributed by atoms with Gasteiger partial charge < -0.3 is 10.6 Å². The number of halogens is 1. The van der Waals surface area contributed by atoms with Gasteiger partial charge in [-0.15, -0.1) is 0 Å². The minimum Gasteiger partial charge on any atom is -0.355 e. The second kappa shape index (κ2) is 10.1. The largest absolute Gasteiger partial charge is 0.355 e. The van der Waals surface area contributed by atoms with Crippen LogP contribution in [-0.2, 0) is 9.59 Å². The maximum absolute atomic E-state index is 12.2. The Hall–Kier alpha value is -3.64. The first-order valence-corrected chi connectivity index (χ1v) is 10.5. The number of carbonyl (C=O) groups excluding carboxylic acids is 2. The van der Waals surface area contributed by atoms with Crippen molar-refractivity contribution in [1.29, 1.82) is 0 Å². The van der Waals surface area contributed by atoms with Gasteiger partial charge in [0.2, 0.25) is 0 Å². The molecule has 0 unspecified atom stereocenters. The van der Waals surface area contributed by atoms with Gasteiger partial charge in [-0.1, -0.05) is 41.4 Å². The first kappa shape index (κ1) is 23.0. The standard InChI is InChI=1S/C25H25ClN4O2/c1-15-6-9-21(18(4)11-15)29-24(31)25(32)30-27-14-19-13-20(26)8-10-22(19)28-23-12-16(2)5-7-17(23)3/h5-14,28H,1-4H3,(H,29,31)(H,30,32)/b27-14-. The molecule has 0 aliphatic heterocycles. The average Bonchev–Trinajstić information content (AvgIpc) is 2.74. The highest BCUT2D eigenvalue weighted by Gasteiger charge is 2.14. The third kappa shape index (κ3) is 5.95. The van der Waals surface area contributed by atoms with Gasteiger partial charge in [-0.3, -0.25) is 9.59 Å². The molecular weight excluding hydrogens is 424 g/mol. The van der Waals surface area contributed by atoms with E-state index in [-0.39, 0.29) is 0 Å². The predicted octanol–water partition coefficient (Wildman–Crippen LogP) is 5.41. The van der Waals surface area contributed by atoms with Gasteiger partial charge in [-0.2, -0.15) is 5.10 Å². The zero-order valence-corrected chi connectivity index (χ0v) is 19.2. The molecule has 3 aromatic rings. The van der Waals surface area contributed by atoms with Crippen molar-refractivity contribution in [2.45, 2.75) is 27.7 Å². The van der Waals surface area contributed by atoms with Crippen molar-refractivity contribution in [3.63, 3.8) is 0 Å². The Morgan fingerprint density at radius 2 is 1.47 bits per heavy atom. The lowest BCUT2D eigenvalue weighted by Crippen LogP contribution is -2.32. The van der Waals surface area contributed by atoms with E-state index in [2.05, 4.69) is 21.2 Å². The van der Waals surface area contributed by atoms with Crippen LogP contribution in [0.15, 0.2) is 59.7 Å². The topological polar surface area (TPSA) is 82.6 Å². The Balaban J connectivity index is 1.70. The molecule has 6 nitrogen and oxygen atoms in total. The predicted molar refractivity (Wildman–Crippen MR) is 131 cm³/mol. The highest BCUT2D eigenvalue weighted by atomic mass is 35.5. The van der Waals surface area contributed by atoms with E-state index in [0.717, 1.165) is 33.6 Å². The number of aryl methyl sites for hydroxylation is 4. The lowest BCUT2D eigenvalue weighted by molar-refractivity contribution is -0.136. The number of carbonyl (C=O) groups is 2. The number of anilines is 3. The molecule has 164 valence electrons. The molecule has 0 saturated carbocycles. The first-order valence-electron chi connectivity index (χ1n) is 10.1. The van der Waals surface area contributed by atoms with Gasteiger partial charge in [0.25, 0.3) is 0 Å². The third-order valence-corrected chi connectivity index (χ3v) is 5.12. The van der Waals surface area contributed by atoms with Crippen molar-refractivity contribution in [2.75, 3.05) is 10.6 Å². The number of nitrogens with zero attached hydrogens (tertiary/aromatic N) is 1. The van der Waals surface area contributed by atoms with Crippen LogP contribution in [0.3, 0.4) is 0 Å². The monoisotopic (exact) mass is 448 g/mol. The van der Waals surface area contributed by atoms with Gasteiger partial charge in [0.1, 0.15) is 0 Å². The van der Waals surface area contributed by atoms with E-state index < -0.39 is 11.8 Å². The fourth-order valence-corrected chi connectivity index (χ4v) is 3.29. The van der Waals surface area contributed by atoms with Crippen LogP contribution in [0, 0.1) is 27.7 Å². The molecule has 3 rings (SSSR count). The van der Waals surface area contributed by atoms with Crippen LogP contribution in [0.5, 0.6) is 0 Å². The minimum absolute atomic E-state index is 0.525. The summed E-state index contributed by atoms with van der Waals surface area (Å²) in [5.74, 6) is -1.67. The normalized spacial score (nSPS) is 10.8. The first-order chi connectivity index (χ1) is 15.2. The summed E-state index contributed by atoms with van der Waals surface area (Å²) in [7, 11) is 0. The maximum Gasteiger partial charge on any atom is 0.329 e. The molecule has 0 heterocycles. The van der Waals surface area contributed by atoms with Gasteiger partial charge in [-0.05, 0) is 74.7 Å².